The van der Waals surface area contributed by atoms with Crippen molar-refractivity contribution in [2.75, 3.05) is 49.4 Å². The van der Waals surface area contributed by atoms with Gasteiger partial charge in [0, 0.05) is 25.2 Å². The van der Waals surface area contributed by atoms with E-state index in [0.717, 1.165) is 50.2 Å². The Morgan fingerprint density at radius 2 is 1.68 bits per heavy atom. The fourth-order valence-electron chi connectivity index (χ4n) is 4.12. The zero-order valence-corrected chi connectivity index (χ0v) is 22.1. The summed E-state index contributed by atoms with van der Waals surface area (Å²) in [6.45, 7) is 10.1. The molecule has 0 aliphatic carbocycles. The Kier molecular flexibility index (Phi) is 9.48. The van der Waals surface area contributed by atoms with Gasteiger partial charge in [-0.05, 0) is 31.9 Å². The Morgan fingerprint density at radius 1 is 1.00 bits per heavy atom. The lowest BCUT2D eigenvalue weighted by molar-refractivity contribution is -0.117. The van der Waals surface area contributed by atoms with Crippen LogP contribution in [-0.2, 0) is 9.53 Å². The number of amides is 1. The number of unbranched alkanes of at least 4 members (excludes halogenated alkanes) is 2. The molecule has 37 heavy (non-hydrogen) atoms. The average molecular weight is 508 g/mol. The zero-order valence-electron chi connectivity index (χ0n) is 22.1. The van der Waals surface area contributed by atoms with Gasteiger partial charge in [-0.2, -0.15) is 20.3 Å². The second kappa shape index (κ2) is 13.2. The Labute approximate surface area is 219 Å². The topological polar surface area (TPSA) is 88.3 Å². The number of hydrazone groups is 1. The molecule has 4 rings (SSSR count). The molecule has 0 radical (unpaired) electrons. The quantitative estimate of drug-likeness (QED) is 0.269. The highest BCUT2D eigenvalue weighted by atomic mass is 16.5. The van der Waals surface area contributed by atoms with Gasteiger partial charge in [-0.3, -0.25) is 4.79 Å². The number of nitrogens with zero attached hydrogens (tertiary/aromatic N) is 5. The molecular weight excluding hydrogens is 470 g/mol. The summed E-state index contributed by atoms with van der Waals surface area (Å²) in [4.78, 5) is 15.4. The molecule has 2 heterocycles. The molecule has 2 aromatic rings. The molecule has 0 bridgehead atoms. The van der Waals surface area contributed by atoms with E-state index in [-0.39, 0.29) is 5.91 Å². The normalized spacial score (nSPS) is 18.0. The number of para-hydroxylation sites is 1. The number of ether oxygens (including phenoxy) is 3. The van der Waals surface area contributed by atoms with Crippen molar-refractivity contribution in [3.05, 3.63) is 42.5 Å². The highest BCUT2D eigenvalue weighted by molar-refractivity contribution is 6.18. The summed E-state index contributed by atoms with van der Waals surface area (Å²) in [6, 6.07) is 12.4. The number of rotatable bonds is 12. The number of azo groups is 1. The molecule has 9 heteroatoms. The van der Waals surface area contributed by atoms with Gasteiger partial charge in [-0.1, -0.05) is 44.9 Å². The third kappa shape index (κ3) is 6.65. The molecule has 0 aromatic heterocycles. The van der Waals surface area contributed by atoms with Crippen LogP contribution in [0.15, 0.2) is 57.8 Å². The van der Waals surface area contributed by atoms with E-state index in [1.54, 1.807) is 6.92 Å². The maximum atomic E-state index is 13.1. The third-order valence-corrected chi connectivity index (χ3v) is 6.28. The van der Waals surface area contributed by atoms with Gasteiger partial charge in [0.25, 0.3) is 5.91 Å². The van der Waals surface area contributed by atoms with E-state index >= 15 is 0 Å². The van der Waals surface area contributed by atoms with Crippen molar-refractivity contribution in [3.63, 3.8) is 0 Å². The fraction of sp³-hybridized carbons (Fsp3) is 0.500. The molecule has 0 N–H and O–H groups in total. The van der Waals surface area contributed by atoms with E-state index < -0.39 is 6.04 Å². The first kappa shape index (κ1) is 26.6. The molecule has 1 saturated heterocycles. The smallest absolute Gasteiger partial charge is 0.280 e. The van der Waals surface area contributed by atoms with E-state index in [1.165, 1.54) is 5.01 Å². The Morgan fingerprint density at radius 3 is 2.35 bits per heavy atom. The maximum Gasteiger partial charge on any atom is 0.280 e. The van der Waals surface area contributed by atoms with Crippen molar-refractivity contribution in [1.82, 2.24) is 0 Å². The lowest BCUT2D eigenvalue weighted by atomic mass is 10.2. The highest BCUT2D eigenvalue weighted by Gasteiger charge is 2.34. The summed E-state index contributed by atoms with van der Waals surface area (Å²) >= 11 is 0. The molecule has 2 aliphatic heterocycles. The van der Waals surface area contributed by atoms with Crippen LogP contribution >= 0.6 is 0 Å². The van der Waals surface area contributed by atoms with Crippen molar-refractivity contribution in [2.45, 2.75) is 52.5 Å². The molecule has 1 fully saturated rings. The van der Waals surface area contributed by atoms with Crippen LogP contribution in [0.1, 0.15) is 46.5 Å². The van der Waals surface area contributed by atoms with E-state index in [1.807, 2.05) is 42.5 Å². The predicted octanol–water partition coefficient (Wildman–Crippen LogP) is 5.76. The van der Waals surface area contributed by atoms with E-state index in [9.17, 15) is 4.79 Å². The number of carbonyl (C=O) groups is 1. The minimum absolute atomic E-state index is 0.231. The molecule has 2 aromatic carbocycles. The van der Waals surface area contributed by atoms with Gasteiger partial charge in [-0.15, -0.1) is 0 Å². The second-order valence-electron chi connectivity index (χ2n) is 9.14. The van der Waals surface area contributed by atoms with Gasteiger partial charge in [0.2, 0.25) is 0 Å². The van der Waals surface area contributed by atoms with E-state index in [4.69, 9.17) is 14.2 Å². The molecule has 1 atom stereocenters. The Hall–Kier alpha value is -3.46. The first-order valence-corrected chi connectivity index (χ1v) is 13.2. The van der Waals surface area contributed by atoms with Gasteiger partial charge in [-0.25, -0.2) is 0 Å². The largest absolute Gasteiger partial charge is 0.491 e. The van der Waals surface area contributed by atoms with Crippen molar-refractivity contribution in [2.24, 2.45) is 15.3 Å². The van der Waals surface area contributed by atoms with Crippen molar-refractivity contribution < 1.29 is 19.0 Å². The van der Waals surface area contributed by atoms with Crippen molar-refractivity contribution >= 4 is 28.7 Å². The predicted molar refractivity (Wildman–Crippen MR) is 146 cm³/mol. The molecular formula is C28H37N5O4. The number of hydrogen-bond donors (Lipinski definition) is 0. The molecule has 0 saturated carbocycles. The summed E-state index contributed by atoms with van der Waals surface area (Å²) in [5.74, 6) is 1.13. The highest BCUT2D eigenvalue weighted by Crippen LogP contribution is 2.41. The number of morpholine rings is 1. The van der Waals surface area contributed by atoms with Crippen molar-refractivity contribution in [3.8, 4) is 11.5 Å². The van der Waals surface area contributed by atoms with E-state index in [2.05, 4.69) is 34.1 Å². The third-order valence-electron chi connectivity index (χ3n) is 6.28. The molecule has 0 unspecified atom stereocenters. The summed E-state index contributed by atoms with van der Waals surface area (Å²) in [5.41, 5.74) is 2.80. The SMILES string of the molecule is CCCCOc1cc(N2CCOCC2)c(OCCCC)cc1N=N[C@H]1C(=O)N(c2ccccc2)N=C1C. The molecule has 9 nitrogen and oxygen atoms in total. The van der Waals surface area contributed by atoms with Crippen LogP contribution in [-0.4, -0.2) is 57.2 Å². The lowest BCUT2D eigenvalue weighted by Gasteiger charge is -2.31. The second-order valence-corrected chi connectivity index (χ2v) is 9.14. The maximum absolute atomic E-state index is 13.1. The zero-order chi connectivity index (χ0) is 26.0. The number of carbonyl (C=O) groups excluding carboxylic acids is 1. The minimum atomic E-state index is -0.785. The van der Waals surface area contributed by atoms with Crippen LogP contribution in [0.2, 0.25) is 0 Å². The van der Waals surface area contributed by atoms with Crippen LogP contribution in [0.25, 0.3) is 0 Å². The molecule has 2 aliphatic rings. The van der Waals surface area contributed by atoms with Crippen LogP contribution < -0.4 is 19.4 Å². The monoisotopic (exact) mass is 507 g/mol. The first-order chi connectivity index (χ1) is 18.1. The van der Waals surface area contributed by atoms with Gasteiger partial charge in [0.15, 0.2) is 6.04 Å². The standard InChI is InChI=1S/C28H37N5O4/c1-4-6-15-36-25-20-24(32-13-17-35-18-14-32)26(37-16-7-5-2)19-23(25)29-30-27-21(3)31-33(28(27)34)22-11-9-8-10-12-22/h8-12,19-20,27H,4-7,13-18H2,1-3H3/t27-/m1/s1. The molecule has 1 amide bonds. The molecule has 198 valence electrons. The van der Waals surface area contributed by atoms with E-state index in [0.29, 0.717) is 49.3 Å². The summed E-state index contributed by atoms with van der Waals surface area (Å²) in [5, 5.41) is 14.8. The molecule has 0 spiro atoms. The Balaban J connectivity index is 1.64. The van der Waals surface area contributed by atoms with Crippen LogP contribution in [0.3, 0.4) is 0 Å². The minimum Gasteiger partial charge on any atom is -0.491 e. The summed E-state index contributed by atoms with van der Waals surface area (Å²) < 4.78 is 17.9. The number of benzene rings is 2. The number of anilines is 2. The first-order valence-electron chi connectivity index (χ1n) is 13.2. The summed E-state index contributed by atoms with van der Waals surface area (Å²) in [6.07, 6.45) is 3.94. The van der Waals surface area contributed by atoms with Crippen LogP contribution in [0.5, 0.6) is 11.5 Å². The van der Waals surface area contributed by atoms with Crippen molar-refractivity contribution in [1.29, 1.82) is 0 Å². The van der Waals surface area contributed by atoms with Gasteiger partial charge in [0.1, 0.15) is 17.2 Å². The Bertz CT molecular complexity index is 1100. The lowest BCUT2D eigenvalue weighted by Crippen LogP contribution is -2.36. The van der Waals surface area contributed by atoms with Gasteiger partial charge < -0.3 is 19.1 Å². The van der Waals surface area contributed by atoms with Crippen LogP contribution in [0.4, 0.5) is 17.1 Å². The average Bonchev–Trinajstić information content (AvgIpc) is 3.22. The van der Waals surface area contributed by atoms with Crippen LogP contribution in [0, 0.1) is 0 Å². The van der Waals surface area contributed by atoms with Gasteiger partial charge in [0.05, 0.1) is 43.5 Å². The number of hydrogen-bond acceptors (Lipinski definition) is 8. The summed E-state index contributed by atoms with van der Waals surface area (Å²) in [7, 11) is 0. The van der Waals surface area contributed by atoms with Gasteiger partial charge >= 0.3 is 0 Å². The fourth-order valence-corrected chi connectivity index (χ4v) is 4.12.